The van der Waals surface area contributed by atoms with Crippen molar-refractivity contribution in [3.8, 4) is 0 Å². The van der Waals surface area contributed by atoms with E-state index in [4.69, 9.17) is 11.6 Å². The highest BCUT2D eigenvalue weighted by molar-refractivity contribution is 6.30. The molecule has 0 N–H and O–H groups in total. The topological polar surface area (TPSA) is 37.4 Å². The Kier molecular flexibility index (Phi) is 4.25. The van der Waals surface area contributed by atoms with Crippen LogP contribution in [0.25, 0.3) is 0 Å². The predicted octanol–water partition coefficient (Wildman–Crippen LogP) is 3.09. The molecule has 0 radical (unpaired) electrons. The van der Waals surface area contributed by atoms with Crippen molar-refractivity contribution < 1.29 is 9.59 Å². The zero-order valence-corrected chi connectivity index (χ0v) is 12.0. The number of ketones is 1. The summed E-state index contributed by atoms with van der Waals surface area (Å²) in [6.07, 6.45) is 1.26. The van der Waals surface area contributed by atoms with E-state index in [0.29, 0.717) is 30.1 Å². The lowest BCUT2D eigenvalue weighted by Gasteiger charge is -2.31. The lowest BCUT2D eigenvalue weighted by atomic mass is 9.93. The molecule has 0 aliphatic carbocycles. The minimum Gasteiger partial charge on any atom is -0.337 e. The summed E-state index contributed by atoms with van der Waals surface area (Å²) in [5.41, 5.74) is 1.55. The molecule has 0 aromatic heterocycles. The highest BCUT2D eigenvalue weighted by Crippen LogP contribution is 2.21. The number of hydrogen-bond donors (Lipinski definition) is 0. The summed E-state index contributed by atoms with van der Waals surface area (Å²) in [4.78, 5) is 25.9. The molecule has 0 saturated carbocycles. The normalized spacial score (nSPS) is 19.6. The van der Waals surface area contributed by atoms with Gasteiger partial charge in [0, 0.05) is 36.0 Å². The molecule has 1 saturated heterocycles. The Morgan fingerprint density at radius 3 is 2.84 bits per heavy atom. The fraction of sp³-hybridized carbons (Fsp3) is 0.467. The molecule has 3 nitrogen and oxygen atoms in total. The third-order valence-electron chi connectivity index (χ3n) is 3.72. The van der Waals surface area contributed by atoms with Crippen LogP contribution >= 0.6 is 11.6 Å². The van der Waals surface area contributed by atoms with Crippen LogP contribution in [0.1, 0.15) is 35.7 Å². The van der Waals surface area contributed by atoms with Crippen LogP contribution in [-0.4, -0.2) is 29.7 Å². The number of rotatable bonds is 2. The number of carbonyl (C=O) groups excluding carboxylic acids is 2. The van der Waals surface area contributed by atoms with Gasteiger partial charge in [0.05, 0.1) is 0 Å². The molecular weight excluding hydrogens is 262 g/mol. The largest absolute Gasteiger partial charge is 0.337 e. The number of nitrogens with zero attached hydrogens (tertiary/aromatic N) is 1. The number of likely N-dealkylation sites (tertiary alicyclic amines) is 1. The Labute approximate surface area is 118 Å². The number of aryl methyl sites for hydroxylation is 1. The van der Waals surface area contributed by atoms with Crippen LogP contribution < -0.4 is 0 Å². The Hall–Kier alpha value is -1.35. The van der Waals surface area contributed by atoms with Crippen LogP contribution in [0.15, 0.2) is 18.2 Å². The zero-order chi connectivity index (χ0) is 14.0. The molecule has 1 unspecified atom stereocenters. The standard InChI is InChI=1S/C15H18ClNO2/c1-3-11-9-17(7-6-14(11)18)15(19)13-5-4-12(16)8-10(13)2/h4-5,8,11H,3,6-7,9H2,1-2H3. The number of carbonyl (C=O) groups is 2. The summed E-state index contributed by atoms with van der Waals surface area (Å²) in [5.74, 6) is 0.268. The van der Waals surface area contributed by atoms with Crippen molar-refractivity contribution >= 4 is 23.3 Å². The van der Waals surface area contributed by atoms with Crippen LogP contribution in [-0.2, 0) is 4.79 Å². The van der Waals surface area contributed by atoms with E-state index < -0.39 is 0 Å². The molecule has 1 fully saturated rings. The average molecular weight is 280 g/mol. The lowest BCUT2D eigenvalue weighted by Crippen LogP contribution is -2.44. The van der Waals surface area contributed by atoms with Gasteiger partial charge in [-0.05, 0) is 37.1 Å². The van der Waals surface area contributed by atoms with E-state index in [1.807, 2.05) is 13.8 Å². The molecule has 1 amide bonds. The van der Waals surface area contributed by atoms with Crippen LogP contribution in [0.4, 0.5) is 0 Å². The maximum Gasteiger partial charge on any atom is 0.254 e. The molecule has 19 heavy (non-hydrogen) atoms. The van der Waals surface area contributed by atoms with E-state index >= 15 is 0 Å². The van der Waals surface area contributed by atoms with E-state index in [-0.39, 0.29) is 17.6 Å². The Bertz CT molecular complexity index is 513. The second kappa shape index (κ2) is 5.74. The SMILES string of the molecule is CCC1CN(C(=O)c2ccc(Cl)cc2C)CCC1=O. The lowest BCUT2D eigenvalue weighted by molar-refractivity contribution is -0.125. The van der Waals surface area contributed by atoms with Gasteiger partial charge in [-0.25, -0.2) is 0 Å². The van der Waals surface area contributed by atoms with Gasteiger partial charge in [-0.15, -0.1) is 0 Å². The quantitative estimate of drug-likeness (QED) is 0.834. The molecule has 0 bridgehead atoms. The molecule has 1 aromatic carbocycles. The molecular formula is C15H18ClNO2. The van der Waals surface area contributed by atoms with E-state index in [9.17, 15) is 9.59 Å². The van der Waals surface area contributed by atoms with Crippen molar-refractivity contribution in [2.24, 2.45) is 5.92 Å². The van der Waals surface area contributed by atoms with Gasteiger partial charge in [-0.1, -0.05) is 18.5 Å². The van der Waals surface area contributed by atoms with Gasteiger partial charge in [0.1, 0.15) is 5.78 Å². The summed E-state index contributed by atoms with van der Waals surface area (Å²) in [7, 11) is 0. The minimum absolute atomic E-state index is 0.000108. The van der Waals surface area contributed by atoms with Gasteiger partial charge in [0.2, 0.25) is 0 Å². The summed E-state index contributed by atoms with van der Waals surface area (Å²) in [6.45, 7) is 4.93. The third kappa shape index (κ3) is 2.98. The van der Waals surface area contributed by atoms with E-state index in [1.54, 1.807) is 23.1 Å². The smallest absolute Gasteiger partial charge is 0.254 e. The van der Waals surface area contributed by atoms with E-state index in [0.717, 1.165) is 12.0 Å². The molecule has 1 aromatic rings. The van der Waals surface area contributed by atoms with Crippen molar-refractivity contribution in [1.29, 1.82) is 0 Å². The van der Waals surface area contributed by atoms with Crippen LogP contribution in [0.2, 0.25) is 5.02 Å². The zero-order valence-electron chi connectivity index (χ0n) is 11.3. The number of benzene rings is 1. The van der Waals surface area contributed by atoms with Gasteiger partial charge in [-0.3, -0.25) is 9.59 Å². The van der Waals surface area contributed by atoms with Crippen LogP contribution in [0.5, 0.6) is 0 Å². The summed E-state index contributed by atoms with van der Waals surface area (Å²) < 4.78 is 0. The first-order valence-electron chi connectivity index (χ1n) is 6.61. The number of piperidine rings is 1. The highest BCUT2D eigenvalue weighted by atomic mass is 35.5. The van der Waals surface area contributed by atoms with Crippen molar-refractivity contribution in [2.45, 2.75) is 26.7 Å². The van der Waals surface area contributed by atoms with Crippen molar-refractivity contribution in [1.82, 2.24) is 4.90 Å². The molecule has 0 spiro atoms. The fourth-order valence-corrected chi connectivity index (χ4v) is 2.71. The Morgan fingerprint density at radius 2 is 2.21 bits per heavy atom. The molecule has 1 atom stereocenters. The van der Waals surface area contributed by atoms with Crippen LogP contribution in [0, 0.1) is 12.8 Å². The van der Waals surface area contributed by atoms with Crippen LogP contribution in [0.3, 0.4) is 0 Å². The second-order valence-corrected chi connectivity index (χ2v) is 5.47. The Morgan fingerprint density at radius 1 is 1.47 bits per heavy atom. The van der Waals surface area contributed by atoms with Gasteiger partial charge in [0.25, 0.3) is 5.91 Å². The second-order valence-electron chi connectivity index (χ2n) is 5.03. The maximum atomic E-state index is 12.5. The first kappa shape index (κ1) is 14.1. The minimum atomic E-state index is -0.00898. The summed E-state index contributed by atoms with van der Waals surface area (Å²) in [5, 5.41) is 0.634. The highest BCUT2D eigenvalue weighted by Gasteiger charge is 2.29. The van der Waals surface area contributed by atoms with E-state index in [1.165, 1.54) is 0 Å². The van der Waals surface area contributed by atoms with Gasteiger partial charge in [0.15, 0.2) is 0 Å². The Balaban J connectivity index is 2.18. The van der Waals surface area contributed by atoms with Crippen molar-refractivity contribution in [3.05, 3.63) is 34.3 Å². The first-order chi connectivity index (χ1) is 9.02. The first-order valence-corrected chi connectivity index (χ1v) is 6.99. The number of Topliss-reactive ketones (excluding diaryl/α,β-unsaturated/α-hetero) is 1. The maximum absolute atomic E-state index is 12.5. The molecule has 102 valence electrons. The number of hydrogen-bond acceptors (Lipinski definition) is 2. The van der Waals surface area contributed by atoms with Crippen molar-refractivity contribution in [2.75, 3.05) is 13.1 Å². The molecule has 1 aliphatic heterocycles. The van der Waals surface area contributed by atoms with Gasteiger partial charge >= 0.3 is 0 Å². The third-order valence-corrected chi connectivity index (χ3v) is 3.96. The monoisotopic (exact) mass is 279 g/mol. The van der Waals surface area contributed by atoms with Crippen molar-refractivity contribution in [3.63, 3.8) is 0 Å². The summed E-state index contributed by atoms with van der Waals surface area (Å²) >= 11 is 5.90. The molecule has 1 aliphatic rings. The predicted molar refractivity (Wildman–Crippen MR) is 75.5 cm³/mol. The fourth-order valence-electron chi connectivity index (χ4n) is 2.49. The van der Waals surface area contributed by atoms with Gasteiger partial charge in [-0.2, -0.15) is 0 Å². The number of amides is 1. The average Bonchev–Trinajstić information content (AvgIpc) is 2.38. The molecule has 1 heterocycles. The molecule has 4 heteroatoms. The number of halogens is 1. The van der Waals surface area contributed by atoms with E-state index in [2.05, 4.69) is 0 Å². The summed E-state index contributed by atoms with van der Waals surface area (Å²) in [6, 6.07) is 5.28. The van der Waals surface area contributed by atoms with Gasteiger partial charge < -0.3 is 4.90 Å². The molecule has 2 rings (SSSR count).